The number of carbonyl (C=O) groups excluding carboxylic acids is 7. The van der Waals surface area contributed by atoms with Crippen molar-refractivity contribution in [1.29, 1.82) is 0 Å². The van der Waals surface area contributed by atoms with Crippen LogP contribution in [0.3, 0.4) is 0 Å². The van der Waals surface area contributed by atoms with Gasteiger partial charge in [-0.15, -0.1) is 0 Å². The smallest absolute Gasteiger partial charge is 0.338 e. The van der Waals surface area contributed by atoms with E-state index in [2.05, 4.69) is 52.6 Å². The van der Waals surface area contributed by atoms with E-state index >= 15 is 9.59 Å². The lowest BCUT2D eigenvalue weighted by Crippen LogP contribution is -2.82. The molecule has 0 spiro atoms. The normalized spacial score (nSPS) is 38.8. The first-order chi connectivity index (χ1) is 46.6. The van der Waals surface area contributed by atoms with Crippen LogP contribution in [0.1, 0.15) is 199 Å². The van der Waals surface area contributed by atoms with Gasteiger partial charge in [-0.25, -0.2) is 4.79 Å². The quantitative estimate of drug-likeness (QED) is 0.0556. The Balaban J connectivity index is 0.913. The van der Waals surface area contributed by atoms with E-state index in [1.54, 1.807) is 113 Å². The van der Waals surface area contributed by atoms with Crippen LogP contribution in [-0.2, 0) is 57.1 Å². The van der Waals surface area contributed by atoms with Crippen LogP contribution in [0.4, 0.5) is 0 Å². The molecular weight excluding hydrogens is 1260 g/mol. The summed E-state index contributed by atoms with van der Waals surface area (Å²) in [6.07, 6.45) is -2.15. The number of hydrogen-bond donors (Lipinski definition) is 4. The minimum absolute atomic E-state index is 0.0508. The first kappa shape index (κ1) is 72.0. The highest BCUT2D eigenvalue weighted by Crippen LogP contribution is 2.77. The Morgan fingerprint density at radius 2 is 1.36 bits per heavy atom. The van der Waals surface area contributed by atoms with Gasteiger partial charge in [-0.1, -0.05) is 146 Å². The fourth-order valence-electron chi connectivity index (χ4n) is 22.2. The summed E-state index contributed by atoms with van der Waals surface area (Å²) in [5.41, 5.74) is -5.49. The van der Waals surface area contributed by atoms with Gasteiger partial charge in [0.1, 0.15) is 30.0 Å². The van der Waals surface area contributed by atoms with Crippen molar-refractivity contribution in [1.82, 2.24) is 5.32 Å². The molecule has 12 rings (SSSR count). The van der Waals surface area contributed by atoms with E-state index in [1.165, 1.54) is 26.3 Å². The summed E-state index contributed by atoms with van der Waals surface area (Å²) >= 11 is 0. The number of allylic oxidation sites excluding steroid dienone is 3. The molecule has 99 heavy (non-hydrogen) atoms. The maximum atomic E-state index is 16.4. The predicted molar refractivity (Wildman–Crippen MR) is 367 cm³/mol. The maximum Gasteiger partial charge on any atom is 0.338 e. The third kappa shape index (κ3) is 11.3. The summed E-state index contributed by atoms with van der Waals surface area (Å²) in [6, 6.07) is 24.5. The highest BCUT2D eigenvalue weighted by Gasteiger charge is 2.79. The zero-order valence-electron chi connectivity index (χ0n) is 60.0. The van der Waals surface area contributed by atoms with E-state index in [4.69, 9.17) is 33.2 Å². The Bertz CT molecular complexity index is 3750. The van der Waals surface area contributed by atoms with Gasteiger partial charge < -0.3 is 53.8 Å². The molecule has 21 atom stereocenters. The van der Waals surface area contributed by atoms with Crippen LogP contribution in [0.15, 0.2) is 126 Å². The zero-order chi connectivity index (χ0) is 71.5. The van der Waals surface area contributed by atoms with Crippen LogP contribution in [0.5, 0.6) is 0 Å². The van der Waals surface area contributed by atoms with E-state index in [1.807, 2.05) is 13.0 Å². The Kier molecular flexibility index (Phi) is 18.8. The van der Waals surface area contributed by atoms with Gasteiger partial charge in [0.05, 0.1) is 48.4 Å². The third-order valence-electron chi connectivity index (χ3n) is 27.5. The number of amides is 1. The topological polar surface area (TPSA) is 257 Å². The monoisotopic (exact) mass is 1360 g/mol. The average molecular weight is 1360 g/mol. The van der Waals surface area contributed by atoms with Crippen molar-refractivity contribution in [3.63, 3.8) is 0 Å². The molecule has 0 radical (unpaired) electrons. The number of carbonyl (C=O) groups is 7. The molecule has 9 unspecified atom stereocenters. The van der Waals surface area contributed by atoms with Gasteiger partial charge in [0.25, 0.3) is 5.91 Å². The molecule has 1 heterocycles. The van der Waals surface area contributed by atoms with E-state index in [9.17, 15) is 39.3 Å². The van der Waals surface area contributed by atoms with Gasteiger partial charge >= 0.3 is 29.8 Å². The summed E-state index contributed by atoms with van der Waals surface area (Å²) in [6.45, 7) is 28.5. The lowest BCUT2D eigenvalue weighted by molar-refractivity contribution is -0.365. The summed E-state index contributed by atoms with van der Waals surface area (Å²) in [7, 11) is 0. The minimum Gasteiger partial charge on any atom is -0.462 e. The van der Waals surface area contributed by atoms with Gasteiger partial charge in [-0.3, -0.25) is 28.8 Å². The Labute approximate surface area is 582 Å². The zero-order valence-corrected chi connectivity index (χ0v) is 60.0. The Hall–Kier alpha value is -6.83. The second-order valence-corrected chi connectivity index (χ2v) is 33.0. The number of ether oxygens (including phenoxy) is 7. The molecule has 8 aliphatic carbocycles. The van der Waals surface area contributed by atoms with Crippen molar-refractivity contribution >= 4 is 41.5 Å². The Morgan fingerprint density at radius 3 is 1.97 bits per heavy atom. The molecule has 534 valence electrons. The molecule has 4 N–H and O–H groups in total. The van der Waals surface area contributed by atoms with Gasteiger partial charge in [0.15, 0.2) is 23.6 Å². The fraction of sp³-hybridized carbons (Fsp3) is 0.617. The number of hydrogen-bond acceptors (Lipinski definition) is 17. The van der Waals surface area contributed by atoms with Crippen molar-refractivity contribution in [2.75, 3.05) is 13.2 Å². The number of rotatable bonds is 17. The summed E-state index contributed by atoms with van der Waals surface area (Å²) in [5, 5.41) is 43.1. The second kappa shape index (κ2) is 25.9. The predicted octanol–water partition coefficient (Wildman–Crippen LogP) is 12.0. The number of nitrogens with one attached hydrogen (secondary N) is 1. The molecule has 18 heteroatoms. The van der Waals surface area contributed by atoms with E-state index in [0.29, 0.717) is 54.2 Å². The molecule has 9 aliphatic rings. The molecular formula is C81H103NO17. The lowest BCUT2D eigenvalue weighted by Gasteiger charge is -2.70. The van der Waals surface area contributed by atoms with Crippen molar-refractivity contribution in [3.05, 3.63) is 143 Å². The largest absolute Gasteiger partial charge is 0.462 e. The molecule has 7 fully saturated rings. The fourth-order valence-corrected chi connectivity index (χ4v) is 22.2. The molecule has 1 amide bonds. The number of ketones is 1. The number of fused-ring (bicyclic) bond motifs is 12. The molecule has 0 aromatic heterocycles. The van der Waals surface area contributed by atoms with Gasteiger partial charge in [0, 0.05) is 67.8 Å². The van der Waals surface area contributed by atoms with Crippen LogP contribution in [0.2, 0.25) is 0 Å². The van der Waals surface area contributed by atoms with Crippen LogP contribution >= 0.6 is 0 Å². The Morgan fingerprint density at radius 1 is 0.727 bits per heavy atom. The maximum absolute atomic E-state index is 16.4. The molecule has 1 saturated heterocycles. The molecule has 3 aromatic carbocycles. The number of esters is 5. The van der Waals surface area contributed by atoms with Crippen molar-refractivity contribution in [2.24, 2.45) is 67.5 Å². The van der Waals surface area contributed by atoms with E-state index in [-0.39, 0.29) is 82.8 Å². The van der Waals surface area contributed by atoms with Crippen molar-refractivity contribution < 1.29 is 82.0 Å². The molecule has 1 aliphatic heterocycles. The van der Waals surface area contributed by atoms with Crippen LogP contribution in [-0.4, -0.2) is 130 Å². The molecule has 18 nitrogen and oxygen atoms in total. The summed E-state index contributed by atoms with van der Waals surface area (Å²) in [5.74, 6) is -5.45. The number of aliphatic hydroxyl groups is 3. The van der Waals surface area contributed by atoms with Gasteiger partial charge in [0.2, 0.25) is 0 Å². The average Bonchev–Trinajstić information content (AvgIpc) is 1.36. The minimum atomic E-state index is -2.28. The second-order valence-electron chi connectivity index (χ2n) is 33.0. The number of aliphatic hydroxyl groups excluding tert-OH is 2. The van der Waals surface area contributed by atoms with E-state index < -0.39 is 124 Å². The lowest BCUT2D eigenvalue weighted by atomic mass is 9.34. The third-order valence-corrected chi connectivity index (χ3v) is 27.5. The standard InChI is InChI=1S/C81H103NO17/c1-45(2)53-32-38-79(40-39-76(12)54(63(53)79)30-31-58-75(11)36-34-60(95-47(4)83)73(7,8)57(75)33-37-77(58,76)13)72(91)97-65(64(50-24-18-15-19-25-50)82-70(89)51-26-20-16-21-27-51)55(86)35-41-93-56-43-81(92)69(98-71(90)52-28-22-17-23-29-52)67-78(14,59(87)42-61-80(67,44-94-61)99-49(6)85)68(88)66(96-48(5)84)62(46(56)3)74(81,9)10/h15-30,53,56-61,63-69,87-88,92H,1,31-44H2,2-14H3,(H,82,89)/t53-,56-,57?,58?,59-,60-,61?,63?,64?,65?,66+,67?,68?,69-,75-,76+,77+,78+,79-,80-,81?/m0/s1. The highest BCUT2D eigenvalue weighted by molar-refractivity contribution is 5.96. The van der Waals surface area contributed by atoms with Gasteiger partial charge in [-0.2, -0.15) is 0 Å². The van der Waals surface area contributed by atoms with Crippen molar-refractivity contribution in [2.45, 2.75) is 233 Å². The number of benzene rings is 3. The summed E-state index contributed by atoms with van der Waals surface area (Å²) in [4.78, 5) is 101. The van der Waals surface area contributed by atoms with Crippen LogP contribution in [0, 0.1) is 67.5 Å². The van der Waals surface area contributed by atoms with Crippen LogP contribution in [0.25, 0.3) is 0 Å². The van der Waals surface area contributed by atoms with Crippen LogP contribution < -0.4 is 5.32 Å². The number of Topliss-reactive ketones (excluding diaryl/α,β-unsaturated/α-hetero) is 1. The first-order valence-corrected chi connectivity index (χ1v) is 35.9. The molecule has 2 bridgehead atoms. The summed E-state index contributed by atoms with van der Waals surface area (Å²) < 4.78 is 45.2. The first-order valence-electron chi connectivity index (χ1n) is 35.9. The highest BCUT2D eigenvalue weighted by atomic mass is 16.6. The van der Waals surface area contributed by atoms with E-state index in [0.717, 1.165) is 37.7 Å². The van der Waals surface area contributed by atoms with Crippen molar-refractivity contribution in [3.8, 4) is 0 Å². The van der Waals surface area contributed by atoms with Gasteiger partial charge in [-0.05, 0) is 147 Å². The molecule has 6 saturated carbocycles. The molecule has 3 aromatic rings. The SMILES string of the molecule is C=C(C)[C@@H]1CC[C@]2(C(=O)OC(C(=O)CCO[C@H]3CC4(O)[C@@H](OC(=O)c5ccccc5)C5[C@]6(OC(C)=O)COC6C[C@H](O)[C@@]5(C)C(O)[C@H](OC(C)=O)C(=C3C)C4(C)C)C(NC(=O)c3ccccc3)c3ccccc3)CC[C@]3(C)C(=CCC4[C@@]5(C)CC[C@H](OC(C)=O)C(C)(C)C5CC[C@]43C)C12.